The summed E-state index contributed by atoms with van der Waals surface area (Å²) >= 11 is 3.03. The number of hydrogen-bond acceptors (Lipinski definition) is 4. The van der Waals surface area contributed by atoms with Crippen LogP contribution < -0.4 is 0 Å². The van der Waals surface area contributed by atoms with Crippen LogP contribution in [-0.4, -0.2) is 39.6 Å². The molecule has 5 nitrogen and oxygen atoms in total. The summed E-state index contributed by atoms with van der Waals surface area (Å²) in [4.78, 5) is 15.1. The van der Waals surface area contributed by atoms with Crippen molar-refractivity contribution < 1.29 is 19.0 Å². The van der Waals surface area contributed by atoms with E-state index in [1.807, 2.05) is 29.5 Å². The lowest BCUT2D eigenvalue weighted by Gasteiger charge is -2.08. The molecular weight excluding hydrogens is 410 g/mol. The normalized spacial score (nSPS) is 11.2. The summed E-state index contributed by atoms with van der Waals surface area (Å²) in [5.74, 6) is -1.31. The van der Waals surface area contributed by atoms with Crippen LogP contribution >= 0.6 is 34.4 Å². The van der Waals surface area contributed by atoms with E-state index in [4.69, 9.17) is 9.84 Å². The number of aromatic nitrogens is 2. The summed E-state index contributed by atoms with van der Waals surface area (Å²) in [7, 11) is 0. The van der Waals surface area contributed by atoms with Crippen LogP contribution in [0.3, 0.4) is 0 Å². The highest BCUT2D eigenvalue weighted by molar-refractivity contribution is 14.1. The van der Waals surface area contributed by atoms with Gasteiger partial charge in [-0.1, -0.05) is 11.8 Å². The second kappa shape index (κ2) is 7.41. The third-order valence-corrected chi connectivity index (χ3v) is 4.53. The fraction of sp³-hybridized carbons (Fsp3) is 0.385. The van der Waals surface area contributed by atoms with Crippen molar-refractivity contribution in [1.29, 1.82) is 0 Å². The maximum atomic E-state index is 13.8. The largest absolute Gasteiger partial charge is 0.481 e. The predicted molar refractivity (Wildman–Crippen MR) is 87.3 cm³/mol. The Kier molecular flexibility index (Phi) is 5.82. The third kappa shape index (κ3) is 4.07. The van der Waals surface area contributed by atoms with Gasteiger partial charge in [0.25, 0.3) is 0 Å². The Balaban J connectivity index is 2.39. The second-order valence-electron chi connectivity index (χ2n) is 4.18. The molecule has 0 bridgehead atoms. The minimum Gasteiger partial charge on any atom is -0.481 e. The van der Waals surface area contributed by atoms with E-state index in [1.54, 1.807) is 10.6 Å². The number of rotatable bonds is 7. The monoisotopic (exact) mass is 424 g/mol. The molecule has 0 fully saturated rings. The molecule has 1 aromatic heterocycles. The summed E-state index contributed by atoms with van der Waals surface area (Å²) in [6.45, 7) is 3.47. The molecule has 0 saturated heterocycles. The molecule has 0 spiro atoms. The van der Waals surface area contributed by atoms with Gasteiger partial charge in [-0.25, -0.2) is 9.37 Å². The van der Waals surface area contributed by atoms with E-state index < -0.39 is 5.97 Å². The van der Waals surface area contributed by atoms with Gasteiger partial charge in [0.05, 0.1) is 27.0 Å². The lowest BCUT2D eigenvalue weighted by molar-refractivity contribution is -0.133. The van der Waals surface area contributed by atoms with Gasteiger partial charge in [0.15, 0.2) is 5.16 Å². The quantitative estimate of drug-likeness (QED) is 0.421. The Morgan fingerprint density at radius 3 is 3.00 bits per heavy atom. The molecule has 0 radical (unpaired) electrons. The minimum atomic E-state index is -0.913. The molecule has 1 N–H and O–H groups in total. The van der Waals surface area contributed by atoms with Crippen molar-refractivity contribution in [3.63, 3.8) is 0 Å². The van der Waals surface area contributed by atoms with Crippen LogP contribution in [0, 0.1) is 9.39 Å². The molecule has 0 saturated carbocycles. The molecule has 0 aliphatic rings. The van der Waals surface area contributed by atoms with Gasteiger partial charge in [0.1, 0.15) is 5.82 Å². The molecule has 2 rings (SSSR count). The van der Waals surface area contributed by atoms with E-state index in [-0.39, 0.29) is 11.6 Å². The summed E-state index contributed by atoms with van der Waals surface area (Å²) in [5.41, 5.74) is 1.31. The number of ether oxygens (including phenoxy) is 1. The highest BCUT2D eigenvalue weighted by Crippen LogP contribution is 2.26. The Morgan fingerprint density at radius 2 is 2.33 bits per heavy atom. The average Bonchev–Trinajstić information content (AvgIpc) is 2.75. The molecule has 2 aromatic rings. The first-order valence-electron chi connectivity index (χ1n) is 6.30. The molecule has 21 heavy (non-hydrogen) atoms. The number of nitrogens with zero attached hydrogens (tertiary/aromatic N) is 2. The third-order valence-electron chi connectivity index (χ3n) is 2.74. The van der Waals surface area contributed by atoms with Gasteiger partial charge >= 0.3 is 5.97 Å². The first kappa shape index (κ1) is 16.5. The molecule has 1 heterocycles. The SMILES string of the molecule is CCOCCn1c(SCC(=O)O)nc2cc(I)c(F)cc21. The summed E-state index contributed by atoms with van der Waals surface area (Å²) in [6.07, 6.45) is 0. The molecule has 8 heteroatoms. The number of carboxylic acid groups (broad SMARTS) is 1. The number of halogens is 2. The van der Waals surface area contributed by atoms with Crippen molar-refractivity contribution in [1.82, 2.24) is 9.55 Å². The zero-order valence-electron chi connectivity index (χ0n) is 11.3. The lowest BCUT2D eigenvalue weighted by Crippen LogP contribution is -2.08. The standard InChI is InChI=1S/C13H14FIN2O3S/c1-2-20-4-3-17-11-5-8(14)9(15)6-10(11)16-13(17)21-7-12(18)19/h5-6H,2-4,7H2,1H3,(H,18,19). The van der Waals surface area contributed by atoms with Crippen LogP contribution in [0.4, 0.5) is 4.39 Å². The number of carboxylic acids is 1. The van der Waals surface area contributed by atoms with E-state index in [9.17, 15) is 9.18 Å². The van der Waals surface area contributed by atoms with Crippen molar-refractivity contribution in [2.45, 2.75) is 18.6 Å². The van der Waals surface area contributed by atoms with Crippen LogP contribution in [-0.2, 0) is 16.1 Å². The molecule has 0 amide bonds. The van der Waals surface area contributed by atoms with Crippen LogP contribution in [0.25, 0.3) is 11.0 Å². The number of aliphatic carboxylic acids is 1. The maximum Gasteiger partial charge on any atom is 0.313 e. The molecule has 0 atom stereocenters. The first-order valence-corrected chi connectivity index (χ1v) is 8.37. The van der Waals surface area contributed by atoms with Gasteiger partial charge in [-0.15, -0.1) is 0 Å². The van der Waals surface area contributed by atoms with Gasteiger partial charge in [0, 0.05) is 19.2 Å². The summed E-state index contributed by atoms with van der Waals surface area (Å²) in [6, 6.07) is 3.09. The van der Waals surface area contributed by atoms with Crippen molar-refractivity contribution in [3.8, 4) is 0 Å². The van der Waals surface area contributed by atoms with Crippen molar-refractivity contribution >= 4 is 51.4 Å². The number of carbonyl (C=O) groups is 1. The molecular formula is C13H14FIN2O3S. The number of imidazole rings is 1. The van der Waals surface area contributed by atoms with E-state index in [0.29, 0.717) is 39.5 Å². The average molecular weight is 424 g/mol. The summed E-state index contributed by atoms with van der Waals surface area (Å²) in [5, 5.41) is 9.36. The highest BCUT2D eigenvalue weighted by atomic mass is 127. The second-order valence-corrected chi connectivity index (χ2v) is 6.29. The highest BCUT2D eigenvalue weighted by Gasteiger charge is 2.15. The molecule has 1 aromatic carbocycles. The van der Waals surface area contributed by atoms with Crippen LogP contribution in [0.1, 0.15) is 6.92 Å². The molecule has 114 valence electrons. The topological polar surface area (TPSA) is 64.3 Å². The Morgan fingerprint density at radius 1 is 1.57 bits per heavy atom. The fourth-order valence-electron chi connectivity index (χ4n) is 1.85. The van der Waals surface area contributed by atoms with Gasteiger partial charge in [-0.05, 0) is 35.6 Å². The first-order chi connectivity index (χ1) is 10.0. The molecule has 0 aliphatic carbocycles. The van der Waals surface area contributed by atoms with Gasteiger partial charge in [0.2, 0.25) is 0 Å². The van der Waals surface area contributed by atoms with E-state index in [1.165, 1.54) is 6.07 Å². The Labute approximate surface area is 139 Å². The minimum absolute atomic E-state index is 0.0858. The van der Waals surface area contributed by atoms with Gasteiger partial charge in [-0.2, -0.15) is 0 Å². The van der Waals surface area contributed by atoms with Crippen molar-refractivity contribution in [3.05, 3.63) is 21.5 Å². The van der Waals surface area contributed by atoms with E-state index >= 15 is 0 Å². The maximum absolute atomic E-state index is 13.8. The van der Waals surface area contributed by atoms with Crippen LogP contribution in [0.2, 0.25) is 0 Å². The van der Waals surface area contributed by atoms with Crippen molar-refractivity contribution in [2.75, 3.05) is 19.0 Å². The lowest BCUT2D eigenvalue weighted by atomic mass is 10.3. The molecule has 0 aliphatic heterocycles. The van der Waals surface area contributed by atoms with Crippen LogP contribution in [0.15, 0.2) is 17.3 Å². The zero-order valence-corrected chi connectivity index (χ0v) is 14.3. The molecule has 0 unspecified atom stereocenters. The predicted octanol–water partition coefficient (Wildman–Crippen LogP) is 2.99. The number of fused-ring (bicyclic) bond motifs is 1. The fourth-order valence-corrected chi connectivity index (χ4v) is 3.06. The van der Waals surface area contributed by atoms with Crippen LogP contribution in [0.5, 0.6) is 0 Å². The Bertz CT molecular complexity index is 662. The van der Waals surface area contributed by atoms with Crippen molar-refractivity contribution in [2.24, 2.45) is 0 Å². The number of benzene rings is 1. The Hall–Kier alpha value is -0.870. The van der Waals surface area contributed by atoms with Gasteiger partial charge in [-0.3, -0.25) is 4.79 Å². The smallest absolute Gasteiger partial charge is 0.313 e. The zero-order chi connectivity index (χ0) is 15.4. The number of hydrogen-bond donors (Lipinski definition) is 1. The van der Waals surface area contributed by atoms with E-state index in [2.05, 4.69) is 4.98 Å². The van der Waals surface area contributed by atoms with Gasteiger partial charge < -0.3 is 14.4 Å². The number of thioether (sulfide) groups is 1. The summed E-state index contributed by atoms with van der Waals surface area (Å²) < 4.78 is 21.4. The van der Waals surface area contributed by atoms with E-state index in [0.717, 1.165) is 11.8 Å².